The molecule has 0 aliphatic heterocycles. The van der Waals surface area contributed by atoms with Gasteiger partial charge in [0.15, 0.2) is 0 Å². The lowest BCUT2D eigenvalue weighted by molar-refractivity contribution is 0.261. The molecule has 3 nitrogen and oxygen atoms in total. The van der Waals surface area contributed by atoms with E-state index in [0.717, 1.165) is 25.4 Å². The fourth-order valence-electron chi connectivity index (χ4n) is 1.67. The topological polar surface area (TPSA) is 24.5 Å². The van der Waals surface area contributed by atoms with E-state index < -0.39 is 0 Å². The smallest absolute Gasteiger partial charge is 0.119 e. The predicted octanol–water partition coefficient (Wildman–Crippen LogP) is 2.64. The molecule has 3 heteroatoms. The minimum absolute atomic E-state index is 0.404. The number of hydrogen-bond donors (Lipinski definition) is 1. The molecule has 0 saturated heterocycles. The van der Waals surface area contributed by atoms with Crippen molar-refractivity contribution < 1.29 is 4.74 Å². The first-order chi connectivity index (χ1) is 9.11. The maximum Gasteiger partial charge on any atom is 0.119 e. The van der Waals surface area contributed by atoms with Crippen LogP contribution in [0.4, 0.5) is 0 Å². The minimum atomic E-state index is 0.404. The Morgan fingerprint density at radius 1 is 1.26 bits per heavy atom. The van der Waals surface area contributed by atoms with Gasteiger partial charge in [-0.15, -0.1) is 0 Å². The summed E-state index contributed by atoms with van der Waals surface area (Å²) in [5.74, 6) is 0.929. The van der Waals surface area contributed by atoms with Crippen LogP contribution in [0.3, 0.4) is 0 Å². The highest BCUT2D eigenvalue weighted by Gasteiger charge is 1.96. The summed E-state index contributed by atoms with van der Waals surface area (Å²) in [7, 11) is 4.09. The number of nitrogens with one attached hydrogen (secondary N) is 1. The summed E-state index contributed by atoms with van der Waals surface area (Å²) >= 11 is 0. The second-order valence-corrected chi connectivity index (χ2v) is 4.93. The first-order valence-electron chi connectivity index (χ1n) is 6.91. The van der Waals surface area contributed by atoms with Gasteiger partial charge in [-0.3, -0.25) is 0 Å². The Kier molecular flexibility index (Phi) is 7.23. The summed E-state index contributed by atoms with van der Waals surface area (Å²) in [5, 5.41) is 3.35. The molecular weight excluding hydrogens is 236 g/mol. The van der Waals surface area contributed by atoms with E-state index in [1.165, 1.54) is 5.56 Å². The highest BCUT2D eigenvalue weighted by molar-refractivity contribution is 5.51. The van der Waals surface area contributed by atoms with Crippen molar-refractivity contribution in [1.82, 2.24) is 10.2 Å². The maximum absolute atomic E-state index is 5.66. The summed E-state index contributed by atoms with van der Waals surface area (Å²) in [4.78, 5) is 2.11. The Hall–Kier alpha value is -1.32. The average Bonchev–Trinajstić information content (AvgIpc) is 2.38. The van der Waals surface area contributed by atoms with Gasteiger partial charge in [-0.2, -0.15) is 0 Å². The summed E-state index contributed by atoms with van der Waals surface area (Å²) in [6, 6.07) is 8.61. The lowest BCUT2D eigenvalue weighted by atomic mass is 10.2. The molecule has 1 rings (SSSR count). The zero-order valence-corrected chi connectivity index (χ0v) is 12.5. The fourth-order valence-corrected chi connectivity index (χ4v) is 1.67. The lowest BCUT2D eigenvalue weighted by Gasteiger charge is -2.11. The number of hydrogen-bond acceptors (Lipinski definition) is 3. The predicted molar refractivity (Wildman–Crippen MR) is 82.7 cm³/mol. The van der Waals surface area contributed by atoms with Crippen LogP contribution in [0.2, 0.25) is 0 Å². The molecule has 1 N–H and O–H groups in total. The van der Waals surface area contributed by atoms with E-state index in [0.29, 0.717) is 6.04 Å². The zero-order chi connectivity index (χ0) is 14.1. The quantitative estimate of drug-likeness (QED) is 0.779. The van der Waals surface area contributed by atoms with Gasteiger partial charge in [0, 0.05) is 12.6 Å². The first kappa shape index (κ1) is 15.7. The van der Waals surface area contributed by atoms with Crippen LogP contribution in [-0.4, -0.2) is 44.7 Å². The summed E-state index contributed by atoms with van der Waals surface area (Å²) < 4.78 is 5.66. The Morgan fingerprint density at radius 3 is 2.53 bits per heavy atom. The molecule has 1 unspecified atom stereocenters. The zero-order valence-electron chi connectivity index (χ0n) is 12.5. The second kappa shape index (κ2) is 8.73. The Morgan fingerprint density at radius 2 is 1.95 bits per heavy atom. The van der Waals surface area contributed by atoms with Crippen molar-refractivity contribution in [3.05, 3.63) is 35.9 Å². The number of nitrogens with zero attached hydrogens (tertiary/aromatic N) is 1. The van der Waals surface area contributed by atoms with Crippen LogP contribution < -0.4 is 10.1 Å². The molecular formula is C16H26N2O. The summed E-state index contributed by atoms with van der Waals surface area (Å²) in [6.45, 7) is 6.91. The van der Waals surface area contributed by atoms with Gasteiger partial charge in [0.25, 0.3) is 0 Å². The molecule has 0 aromatic heterocycles. The van der Waals surface area contributed by atoms with Crippen molar-refractivity contribution in [2.45, 2.75) is 19.9 Å². The largest absolute Gasteiger partial charge is 0.492 e. The second-order valence-electron chi connectivity index (χ2n) is 4.93. The molecule has 1 aromatic carbocycles. The van der Waals surface area contributed by atoms with Crippen molar-refractivity contribution in [2.24, 2.45) is 0 Å². The number of benzene rings is 1. The van der Waals surface area contributed by atoms with Crippen molar-refractivity contribution >= 4 is 6.08 Å². The van der Waals surface area contributed by atoms with Crippen molar-refractivity contribution in [2.75, 3.05) is 33.8 Å². The van der Waals surface area contributed by atoms with E-state index in [-0.39, 0.29) is 0 Å². The van der Waals surface area contributed by atoms with Crippen molar-refractivity contribution in [3.8, 4) is 5.75 Å². The van der Waals surface area contributed by atoms with E-state index >= 15 is 0 Å². The van der Waals surface area contributed by atoms with Gasteiger partial charge in [0.1, 0.15) is 12.4 Å². The maximum atomic E-state index is 5.66. The van der Waals surface area contributed by atoms with Gasteiger partial charge in [-0.05, 0) is 45.3 Å². The fraction of sp³-hybridized carbons (Fsp3) is 0.500. The van der Waals surface area contributed by atoms with E-state index in [2.05, 4.69) is 48.3 Å². The van der Waals surface area contributed by atoms with Crippen LogP contribution in [0, 0.1) is 0 Å². The number of likely N-dealkylation sites (N-methyl/N-ethyl adjacent to an activating group) is 2. The third-order valence-corrected chi connectivity index (χ3v) is 2.79. The van der Waals surface area contributed by atoms with Crippen LogP contribution in [-0.2, 0) is 0 Å². The van der Waals surface area contributed by atoms with Gasteiger partial charge < -0.3 is 15.0 Å². The third-order valence-electron chi connectivity index (χ3n) is 2.79. The molecule has 0 saturated carbocycles. The molecule has 1 atom stereocenters. The highest BCUT2D eigenvalue weighted by atomic mass is 16.5. The first-order valence-corrected chi connectivity index (χ1v) is 6.91. The van der Waals surface area contributed by atoms with Crippen LogP contribution in [0.15, 0.2) is 30.3 Å². The molecule has 0 heterocycles. The Labute approximate surface area is 117 Å². The van der Waals surface area contributed by atoms with E-state index in [4.69, 9.17) is 4.74 Å². The van der Waals surface area contributed by atoms with Crippen molar-refractivity contribution in [1.29, 1.82) is 0 Å². The monoisotopic (exact) mass is 262 g/mol. The average molecular weight is 262 g/mol. The van der Waals surface area contributed by atoms with Gasteiger partial charge in [-0.25, -0.2) is 0 Å². The minimum Gasteiger partial charge on any atom is -0.492 e. The molecule has 0 aliphatic rings. The Balaban J connectivity index is 2.43. The molecule has 19 heavy (non-hydrogen) atoms. The lowest BCUT2D eigenvalue weighted by Crippen LogP contribution is -2.22. The van der Waals surface area contributed by atoms with Crippen LogP contribution in [0.25, 0.3) is 6.08 Å². The SMILES string of the molecule is CCNC(C)/C=C/c1ccc(OCCN(C)C)cc1. The molecule has 106 valence electrons. The molecule has 0 fully saturated rings. The summed E-state index contributed by atoms with van der Waals surface area (Å²) in [6.07, 6.45) is 4.31. The standard InChI is InChI=1S/C16H26N2O/c1-5-17-14(2)6-7-15-8-10-16(11-9-15)19-13-12-18(3)4/h6-11,14,17H,5,12-13H2,1-4H3/b7-6+. The van der Waals surface area contributed by atoms with E-state index in [9.17, 15) is 0 Å². The molecule has 1 aromatic rings. The molecule has 0 bridgehead atoms. The highest BCUT2D eigenvalue weighted by Crippen LogP contribution is 2.13. The van der Waals surface area contributed by atoms with Crippen LogP contribution in [0.5, 0.6) is 5.75 Å². The van der Waals surface area contributed by atoms with Gasteiger partial charge in [-0.1, -0.05) is 31.2 Å². The Bertz CT molecular complexity index is 371. The number of ether oxygens (including phenoxy) is 1. The van der Waals surface area contributed by atoms with Crippen LogP contribution in [0.1, 0.15) is 19.4 Å². The van der Waals surface area contributed by atoms with Gasteiger partial charge in [0.05, 0.1) is 0 Å². The summed E-state index contributed by atoms with van der Waals surface area (Å²) in [5.41, 5.74) is 1.20. The molecule has 0 amide bonds. The molecule has 0 radical (unpaired) electrons. The molecule has 0 spiro atoms. The van der Waals surface area contributed by atoms with Gasteiger partial charge >= 0.3 is 0 Å². The number of rotatable bonds is 8. The van der Waals surface area contributed by atoms with Crippen molar-refractivity contribution in [3.63, 3.8) is 0 Å². The molecule has 0 aliphatic carbocycles. The third kappa shape index (κ3) is 6.99. The normalized spacial score (nSPS) is 13.1. The van der Waals surface area contributed by atoms with E-state index in [1.54, 1.807) is 0 Å². The van der Waals surface area contributed by atoms with Crippen LogP contribution >= 0.6 is 0 Å². The van der Waals surface area contributed by atoms with Gasteiger partial charge in [0.2, 0.25) is 0 Å². The van der Waals surface area contributed by atoms with E-state index in [1.807, 2.05) is 26.2 Å².